The maximum absolute atomic E-state index is 12.9. The Bertz CT molecular complexity index is 857. The number of amides is 1. The van der Waals surface area contributed by atoms with Crippen LogP contribution < -0.4 is 4.90 Å². The molecule has 0 spiro atoms. The molecule has 0 aliphatic carbocycles. The normalized spacial score (nSPS) is 19.9. The number of aliphatic hydroxyl groups is 1. The van der Waals surface area contributed by atoms with Crippen LogP contribution in [0.2, 0.25) is 0 Å². The van der Waals surface area contributed by atoms with E-state index in [0.29, 0.717) is 13.1 Å². The number of nitrogens with zero attached hydrogens (tertiary/aromatic N) is 4. The van der Waals surface area contributed by atoms with Gasteiger partial charge in [0.15, 0.2) is 0 Å². The van der Waals surface area contributed by atoms with Crippen LogP contribution >= 0.6 is 0 Å². The molecule has 1 amide bonds. The van der Waals surface area contributed by atoms with E-state index in [1.54, 1.807) is 4.68 Å². The number of aliphatic hydroxyl groups excluding tert-OH is 1. The topological polar surface area (TPSA) is 61.6 Å². The van der Waals surface area contributed by atoms with Crippen molar-refractivity contribution in [2.45, 2.75) is 32.4 Å². The van der Waals surface area contributed by atoms with E-state index in [4.69, 9.17) is 5.11 Å². The van der Waals surface area contributed by atoms with Crippen LogP contribution in [0.15, 0.2) is 42.7 Å². The fourth-order valence-corrected chi connectivity index (χ4v) is 4.08. The summed E-state index contributed by atoms with van der Waals surface area (Å²) in [7, 11) is 0. The lowest BCUT2D eigenvalue weighted by Gasteiger charge is -2.29. The van der Waals surface area contributed by atoms with Crippen LogP contribution in [-0.4, -0.2) is 58.0 Å². The molecule has 1 N–H and O–H groups in total. The largest absolute Gasteiger partial charge is 0.394 e. The molecule has 1 aromatic carbocycles. The van der Waals surface area contributed by atoms with Crippen molar-refractivity contribution in [1.82, 2.24) is 14.7 Å². The fourth-order valence-electron chi connectivity index (χ4n) is 4.08. The number of benzene rings is 1. The van der Waals surface area contributed by atoms with E-state index in [2.05, 4.69) is 35.1 Å². The molecule has 0 unspecified atom stereocenters. The summed E-state index contributed by atoms with van der Waals surface area (Å²) in [5, 5.41) is 13.3. The average Bonchev–Trinajstić information content (AvgIpc) is 3.26. The van der Waals surface area contributed by atoms with Crippen molar-refractivity contribution in [3.8, 4) is 0 Å². The molecule has 1 aromatic heterocycles. The lowest BCUT2D eigenvalue weighted by atomic mass is 10.0. The Balaban J connectivity index is 1.39. The Morgan fingerprint density at radius 1 is 1.33 bits per heavy atom. The molecule has 4 rings (SSSR count). The highest BCUT2D eigenvalue weighted by Crippen LogP contribution is 2.32. The summed E-state index contributed by atoms with van der Waals surface area (Å²) in [5.41, 5.74) is 4.71. The van der Waals surface area contributed by atoms with Crippen LogP contribution in [0.1, 0.15) is 24.5 Å². The van der Waals surface area contributed by atoms with E-state index in [0.717, 1.165) is 37.2 Å². The van der Waals surface area contributed by atoms with Crippen molar-refractivity contribution in [1.29, 1.82) is 0 Å². The van der Waals surface area contributed by atoms with Crippen LogP contribution in [0.25, 0.3) is 5.57 Å². The minimum Gasteiger partial charge on any atom is -0.394 e. The van der Waals surface area contributed by atoms with E-state index < -0.39 is 0 Å². The predicted molar refractivity (Wildman–Crippen MR) is 105 cm³/mol. The number of hydrogen-bond acceptors (Lipinski definition) is 4. The first kappa shape index (κ1) is 17.9. The number of aromatic nitrogens is 2. The lowest BCUT2D eigenvalue weighted by Crippen LogP contribution is -2.44. The first-order chi connectivity index (χ1) is 13.2. The van der Waals surface area contributed by atoms with Gasteiger partial charge in [-0.05, 0) is 37.0 Å². The summed E-state index contributed by atoms with van der Waals surface area (Å²) in [4.78, 5) is 17.1. The summed E-state index contributed by atoms with van der Waals surface area (Å²) in [6.45, 7) is 4.82. The van der Waals surface area contributed by atoms with E-state index >= 15 is 0 Å². The van der Waals surface area contributed by atoms with Gasteiger partial charge in [-0.1, -0.05) is 24.3 Å². The molecule has 27 heavy (non-hydrogen) atoms. The lowest BCUT2D eigenvalue weighted by molar-refractivity contribution is -0.119. The van der Waals surface area contributed by atoms with Gasteiger partial charge < -0.3 is 10.0 Å². The number of carbonyl (C=O) groups is 1. The molecule has 2 aromatic rings. The Hall–Kier alpha value is -2.44. The Kier molecular flexibility index (Phi) is 5.09. The Morgan fingerprint density at radius 2 is 2.19 bits per heavy atom. The van der Waals surface area contributed by atoms with E-state index in [-0.39, 0.29) is 18.6 Å². The number of anilines is 1. The number of hydrogen-bond donors (Lipinski definition) is 1. The molecule has 0 radical (unpaired) electrons. The molecule has 0 saturated carbocycles. The highest BCUT2D eigenvalue weighted by Gasteiger charge is 2.31. The van der Waals surface area contributed by atoms with Crippen molar-refractivity contribution in [2.24, 2.45) is 0 Å². The standard InChI is InChI=1S/C21H26N4O2/c1-16-12-18-4-2-3-5-20(18)25(16)21(27)15-23-8-6-17(7-9-23)19-13-22-24(14-19)10-11-26/h2-6,13-14,16,26H,7-12,15H2,1H3/t16-/m1/s1. The van der Waals surface area contributed by atoms with Gasteiger partial charge in [0.25, 0.3) is 0 Å². The molecule has 1 atom stereocenters. The molecule has 0 bridgehead atoms. The minimum absolute atomic E-state index is 0.0914. The van der Waals surface area contributed by atoms with Crippen LogP contribution in [0.3, 0.4) is 0 Å². The van der Waals surface area contributed by atoms with E-state index in [9.17, 15) is 4.79 Å². The molecule has 2 aliphatic heterocycles. The maximum atomic E-state index is 12.9. The molecule has 6 nitrogen and oxygen atoms in total. The van der Waals surface area contributed by atoms with Gasteiger partial charge in [0, 0.05) is 36.6 Å². The quantitative estimate of drug-likeness (QED) is 0.879. The first-order valence-electron chi connectivity index (χ1n) is 9.60. The smallest absolute Gasteiger partial charge is 0.241 e. The van der Waals surface area contributed by atoms with Gasteiger partial charge in [0.1, 0.15) is 0 Å². The van der Waals surface area contributed by atoms with Gasteiger partial charge in [-0.15, -0.1) is 0 Å². The molecular formula is C21H26N4O2. The summed E-state index contributed by atoms with van der Waals surface area (Å²) >= 11 is 0. The Labute approximate surface area is 159 Å². The highest BCUT2D eigenvalue weighted by atomic mass is 16.3. The number of carbonyl (C=O) groups excluding carboxylic acids is 1. The van der Waals surface area contributed by atoms with Crippen LogP contribution in [0.5, 0.6) is 0 Å². The summed E-state index contributed by atoms with van der Waals surface area (Å²) in [6.07, 6.45) is 7.86. The molecule has 2 aliphatic rings. The zero-order valence-electron chi connectivity index (χ0n) is 15.7. The summed E-state index contributed by atoms with van der Waals surface area (Å²) in [5.74, 6) is 0.181. The van der Waals surface area contributed by atoms with Crippen LogP contribution in [0, 0.1) is 0 Å². The van der Waals surface area contributed by atoms with Crippen LogP contribution in [-0.2, 0) is 17.8 Å². The fraction of sp³-hybridized carbons (Fsp3) is 0.429. The second-order valence-electron chi connectivity index (χ2n) is 7.38. The monoisotopic (exact) mass is 366 g/mol. The molecule has 6 heteroatoms. The molecule has 0 fully saturated rings. The second kappa shape index (κ2) is 7.66. The third-order valence-corrected chi connectivity index (χ3v) is 5.46. The van der Waals surface area contributed by atoms with Gasteiger partial charge in [-0.2, -0.15) is 5.10 Å². The molecular weight excluding hydrogens is 340 g/mol. The average molecular weight is 366 g/mol. The zero-order chi connectivity index (χ0) is 18.8. The van der Waals surface area contributed by atoms with Crippen molar-refractivity contribution >= 4 is 17.2 Å². The summed E-state index contributed by atoms with van der Waals surface area (Å²) < 4.78 is 1.76. The van der Waals surface area contributed by atoms with Crippen molar-refractivity contribution in [3.05, 3.63) is 53.9 Å². The van der Waals surface area contributed by atoms with Crippen molar-refractivity contribution in [2.75, 3.05) is 31.1 Å². The molecule has 142 valence electrons. The molecule has 0 saturated heterocycles. The number of fused-ring (bicyclic) bond motifs is 1. The van der Waals surface area contributed by atoms with Gasteiger partial charge in [0.05, 0.1) is 25.9 Å². The third kappa shape index (κ3) is 3.68. The Morgan fingerprint density at radius 3 is 2.96 bits per heavy atom. The van der Waals surface area contributed by atoms with Crippen LogP contribution in [0.4, 0.5) is 5.69 Å². The second-order valence-corrected chi connectivity index (χ2v) is 7.38. The summed E-state index contributed by atoms with van der Waals surface area (Å²) in [6, 6.07) is 8.44. The minimum atomic E-state index is 0.0914. The van der Waals surface area contributed by atoms with Gasteiger partial charge >= 0.3 is 0 Å². The first-order valence-corrected chi connectivity index (χ1v) is 9.60. The SMILES string of the molecule is C[C@@H]1Cc2ccccc2N1C(=O)CN1CC=C(c2cnn(CCO)c2)CC1. The number of para-hydroxylation sites is 1. The van der Waals surface area contributed by atoms with Crippen molar-refractivity contribution < 1.29 is 9.90 Å². The van der Waals surface area contributed by atoms with Crippen molar-refractivity contribution in [3.63, 3.8) is 0 Å². The van der Waals surface area contributed by atoms with Gasteiger partial charge in [-0.3, -0.25) is 14.4 Å². The zero-order valence-corrected chi connectivity index (χ0v) is 15.7. The third-order valence-electron chi connectivity index (χ3n) is 5.46. The van der Waals surface area contributed by atoms with Gasteiger partial charge in [0.2, 0.25) is 5.91 Å². The number of rotatable bonds is 5. The van der Waals surface area contributed by atoms with E-state index in [1.807, 2.05) is 29.4 Å². The molecule has 3 heterocycles. The highest BCUT2D eigenvalue weighted by molar-refractivity contribution is 5.97. The van der Waals surface area contributed by atoms with Gasteiger partial charge in [-0.25, -0.2) is 0 Å². The van der Waals surface area contributed by atoms with E-state index in [1.165, 1.54) is 11.1 Å². The predicted octanol–water partition coefficient (Wildman–Crippen LogP) is 1.94. The maximum Gasteiger partial charge on any atom is 0.241 e.